The van der Waals surface area contributed by atoms with Crippen molar-refractivity contribution in [3.05, 3.63) is 152 Å². The van der Waals surface area contributed by atoms with Gasteiger partial charge in [0.1, 0.15) is 22.9 Å². The second-order valence-electron chi connectivity index (χ2n) is 10.4. The number of aryl methyl sites for hydroxylation is 2. The van der Waals surface area contributed by atoms with Crippen LogP contribution in [-0.4, -0.2) is 26.9 Å². The monoisotopic (exact) mass is 635 g/mol. The van der Waals surface area contributed by atoms with Gasteiger partial charge >= 0.3 is 0 Å². The first-order valence-corrected chi connectivity index (χ1v) is 14.9. The molecule has 0 unspecified atom stereocenters. The van der Waals surface area contributed by atoms with E-state index in [1.54, 1.807) is 43.3 Å². The Bertz CT molecular complexity index is 2030. The number of aliphatic imine (C=N–C) groups is 1. The average molecular weight is 637 g/mol. The van der Waals surface area contributed by atoms with Crippen LogP contribution < -0.4 is 0 Å². The van der Waals surface area contributed by atoms with E-state index < -0.39 is 0 Å². The van der Waals surface area contributed by atoms with E-state index in [0.29, 0.717) is 45.3 Å². The number of aliphatic hydroxyl groups excluding tert-OH is 1. The molecule has 0 atom stereocenters. The minimum absolute atomic E-state index is 0.123. The molecule has 7 rings (SSSR count). The molecule has 0 amide bonds. The molecule has 1 aliphatic rings. The zero-order chi connectivity index (χ0) is 31.5. The van der Waals surface area contributed by atoms with Gasteiger partial charge in [0.25, 0.3) is 0 Å². The summed E-state index contributed by atoms with van der Waals surface area (Å²) >= 11 is 11.9. The van der Waals surface area contributed by atoms with E-state index in [2.05, 4.69) is 22.4 Å². The van der Waals surface area contributed by atoms with Gasteiger partial charge in [-0.1, -0.05) is 94.2 Å². The summed E-state index contributed by atoms with van der Waals surface area (Å²) in [4.78, 5) is 17.6. The van der Waals surface area contributed by atoms with Gasteiger partial charge in [0.2, 0.25) is 0 Å². The molecular weight excluding hydrogens is 609 g/mol. The van der Waals surface area contributed by atoms with Crippen molar-refractivity contribution >= 4 is 34.7 Å². The van der Waals surface area contributed by atoms with Gasteiger partial charge in [-0.2, -0.15) is 0 Å². The number of halogens is 2. The average Bonchev–Trinajstić information content (AvgIpc) is 3.58. The summed E-state index contributed by atoms with van der Waals surface area (Å²) in [7, 11) is 0. The lowest BCUT2D eigenvalue weighted by molar-refractivity contribution is 0.103. The smallest absolute Gasteiger partial charge is 0.193 e. The van der Waals surface area contributed by atoms with Crippen molar-refractivity contribution in [2.75, 3.05) is 0 Å². The molecule has 0 spiro atoms. The second kappa shape index (κ2) is 13.0. The number of aromatic nitrogens is 2. The zero-order valence-electron chi connectivity index (χ0n) is 24.4. The highest BCUT2D eigenvalue weighted by atomic mass is 35.5. The number of fused-ring (bicyclic) bond motifs is 3. The van der Waals surface area contributed by atoms with Crippen LogP contribution in [0.3, 0.4) is 0 Å². The van der Waals surface area contributed by atoms with Crippen molar-refractivity contribution in [1.82, 2.24) is 10.3 Å². The minimum Gasteiger partial charge on any atom is -0.390 e. The van der Waals surface area contributed by atoms with Crippen molar-refractivity contribution in [1.29, 1.82) is 0 Å². The summed E-state index contributed by atoms with van der Waals surface area (Å²) in [6, 6.07) is 30.0. The number of benzene rings is 4. The molecule has 6 aromatic rings. The third kappa shape index (κ3) is 6.11. The molecular formula is C36H27Cl2N3O4. The van der Waals surface area contributed by atoms with Crippen molar-refractivity contribution < 1.29 is 18.9 Å². The SMILES string of the molecule is Cc1onc(CO)c1-c1ccccc1C(=O)c1ccc(Cl)cc1.Cc1onc2c1-c1ccccc1C(c1ccc(Cl)cc1)=NC2. The number of carbonyl (C=O) groups excluding carboxylic acids is 1. The van der Waals surface area contributed by atoms with Crippen LogP contribution in [0.15, 0.2) is 111 Å². The lowest BCUT2D eigenvalue weighted by Crippen LogP contribution is -2.04. The summed E-state index contributed by atoms with van der Waals surface area (Å²) in [6.45, 7) is 3.95. The van der Waals surface area contributed by atoms with E-state index in [1.807, 2.05) is 55.5 Å². The fourth-order valence-electron chi connectivity index (χ4n) is 5.40. The van der Waals surface area contributed by atoms with Crippen LogP contribution in [-0.2, 0) is 13.2 Å². The summed E-state index contributed by atoms with van der Waals surface area (Å²) in [5.41, 5.74) is 8.99. The van der Waals surface area contributed by atoms with Gasteiger partial charge in [-0.05, 0) is 61.4 Å². The topological polar surface area (TPSA) is 102 Å². The highest BCUT2D eigenvalue weighted by molar-refractivity contribution is 6.31. The highest BCUT2D eigenvalue weighted by Crippen LogP contribution is 2.35. The van der Waals surface area contributed by atoms with Crippen LogP contribution in [0, 0.1) is 13.8 Å². The number of carbonyl (C=O) groups is 1. The Morgan fingerprint density at radius 2 is 1.31 bits per heavy atom. The number of ketones is 1. The molecule has 0 saturated heterocycles. The Balaban J connectivity index is 0.000000159. The summed E-state index contributed by atoms with van der Waals surface area (Å²) in [5.74, 6) is 1.27. The molecule has 0 saturated carbocycles. The van der Waals surface area contributed by atoms with Gasteiger partial charge in [-0.25, -0.2) is 0 Å². The molecule has 0 aliphatic carbocycles. The van der Waals surface area contributed by atoms with Gasteiger partial charge in [0.05, 0.1) is 30.0 Å². The van der Waals surface area contributed by atoms with Crippen molar-refractivity contribution in [2.45, 2.75) is 27.0 Å². The fraction of sp³-hybridized carbons (Fsp3) is 0.111. The van der Waals surface area contributed by atoms with E-state index in [-0.39, 0.29) is 12.4 Å². The first-order valence-electron chi connectivity index (χ1n) is 14.2. The van der Waals surface area contributed by atoms with Crippen molar-refractivity contribution in [3.63, 3.8) is 0 Å². The minimum atomic E-state index is -0.254. The molecule has 2 aromatic heterocycles. The Morgan fingerprint density at radius 3 is 2.00 bits per heavy atom. The molecule has 7 nitrogen and oxygen atoms in total. The standard InChI is InChI=1S/C18H13ClN2O.C18H14ClNO3/c1-11-17-14-4-2-3-5-15(14)18(20-10-16(17)21-22-11)12-6-8-13(19)9-7-12;1-11-17(16(10-21)20-23-11)14-4-2-3-5-15(14)18(22)12-6-8-13(19)9-7-12/h2-9H,10H2,1H3;2-9,21H,10H2,1H3. The maximum absolute atomic E-state index is 12.8. The number of aliphatic hydroxyl groups is 1. The summed E-state index contributed by atoms with van der Waals surface area (Å²) in [5, 5.41) is 18.7. The van der Waals surface area contributed by atoms with E-state index in [0.717, 1.165) is 44.4 Å². The normalized spacial score (nSPS) is 11.9. The van der Waals surface area contributed by atoms with E-state index in [1.165, 1.54) is 0 Å². The fourth-order valence-corrected chi connectivity index (χ4v) is 5.65. The first kappa shape index (κ1) is 30.2. The second-order valence-corrected chi connectivity index (χ2v) is 11.3. The summed E-state index contributed by atoms with van der Waals surface area (Å²) < 4.78 is 10.5. The van der Waals surface area contributed by atoms with Crippen LogP contribution in [0.25, 0.3) is 22.3 Å². The van der Waals surface area contributed by atoms with E-state index in [9.17, 15) is 9.90 Å². The lowest BCUT2D eigenvalue weighted by atomic mass is 9.93. The van der Waals surface area contributed by atoms with Gasteiger partial charge in [0, 0.05) is 32.3 Å². The van der Waals surface area contributed by atoms with E-state index >= 15 is 0 Å². The molecule has 4 aromatic carbocycles. The molecule has 45 heavy (non-hydrogen) atoms. The lowest BCUT2D eigenvalue weighted by Gasteiger charge is -2.10. The highest BCUT2D eigenvalue weighted by Gasteiger charge is 2.24. The van der Waals surface area contributed by atoms with Crippen molar-refractivity contribution in [2.24, 2.45) is 4.99 Å². The largest absolute Gasteiger partial charge is 0.390 e. The molecule has 0 radical (unpaired) electrons. The van der Waals surface area contributed by atoms with Crippen molar-refractivity contribution in [3.8, 4) is 22.3 Å². The van der Waals surface area contributed by atoms with Gasteiger partial charge in [0.15, 0.2) is 5.78 Å². The Morgan fingerprint density at radius 1 is 0.733 bits per heavy atom. The number of nitrogens with zero attached hydrogens (tertiary/aromatic N) is 3. The van der Waals surface area contributed by atoms with Crippen LogP contribution in [0.5, 0.6) is 0 Å². The van der Waals surface area contributed by atoms with Crippen LogP contribution in [0.1, 0.15) is 50.0 Å². The maximum atomic E-state index is 12.8. The number of hydrogen-bond acceptors (Lipinski definition) is 7. The maximum Gasteiger partial charge on any atom is 0.193 e. The van der Waals surface area contributed by atoms with Gasteiger partial charge in [-0.3, -0.25) is 9.79 Å². The summed E-state index contributed by atoms with van der Waals surface area (Å²) in [6.07, 6.45) is 0. The van der Waals surface area contributed by atoms with Crippen LogP contribution >= 0.6 is 23.2 Å². The third-order valence-electron chi connectivity index (χ3n) is 7.52. The Kier molecular flexibility index (Phi) is 8.76. The Labute approximate surface area is 269 Å². The van der Waals surface area contributed by atoms with Gasteiger partial charge < -0.3 is 14.2 Å². The number of rotatable bonds is 5. The Hall–Kier alpha value is -4.82. The predicted octanol–water partition coefficient (Wildman–Crippen LogP) is 8.68. The first-order chi connectivity index (χ1) is 21.9. The third-order valence-corrected chi connectivity index (χ3v) is 8.02. The molecule has 1 aliphatic heterocycles. The quantitative estimate of drug-likeness (QED) is 0.190. The molecule has 224 valence electrons. The van der Waals surface area contributed by atoms with Crippen LogP contribution in [0.4, 0.5) is 0 Å². The number of hydrogen-bond donors (Lipinski definition) is 1. The van der Waals surface area contributed by atoms with E-state index in [4.69, 9.17) is 37.2 Å². The molecule has 3 heterocycles. The predicted molar refractivity (Wildman–Crippen MR) is 175 cm³/mol. The molecule has 1 N–H and O–H groups in total. The molecule has 0 bridgehead atoms. The molecule has 9 heteroatoms. The zero-order valence-corrected chi connectivity index (χ0v) is 25.9. The van der Waals surface area contributed by atoms with Crippen LogP contribution in [0.2, 0.25) is 10.0 Å². The van der Waals surface area contributed by atoms with Gasteiger partial charge in [-0.15, -0.1) is 0 Å². The molecule has 0 fully saturated rings.